The molecule has 1 atom stereocenters. The van der Waals surface area contributed by atoms with E-state index in [4.69, 9.17) is 4.74 Å². The van der Waals surface area contributed by atoms with Gasteiger partial charge in [-0.3, -0.25) is 0 Å². The third kappa shape index (κ3) is 10.2. The molecule has 6 heteroatoms. The van der Waals surface area contributed by atoms with Crippen molar-refractivity contribution < 1.29 is 22.6 Å². The van der Waals surface area contributed by atoms with Gasteiger partial charge in [0.2, 0.25) is 0 Å². The summed E-state index contributed by atoms with van der Waals surface area (Å²) in [4.78, 5) is 0. The van der Waals surface area contributed by atoms with Gasteiger partial charge < -0.3 is 14.8 Å². The molecule has 0 spiro atoms. The van der Waals surface area contributed by atoms with Crippen LogP contribution < -0.4 is 5.32 Å². The fraction of sp³-hybridized carbons (Fsp3) is 1.00. The van der Waals surface area contributed by atoms with Crippen molar-refractivity contribution in [2.75, 3.05) is 33.5 Å². The largest absolute Gasteiger partial charge is 0.411 e. The first-order chi connectivity index (χ1) is 7.49. The first-order valence-electron chi connectivity index (χ1n) is 5.36. The minimum atomic E-state index is -4.24. The Morgan fingerprint density at radius 1 is 1.19 bits per heavy atom. The predicted molar refractivity (Wildman–Crippen MR) is 55.4 cm³/mol. The molecule has 0 aliphatic rings. The van der Waals surface area contributed by atoms with E-state index in [0.717, 1.165) is 13.0 Å². The van der Waals surface area contributed by atoms with E-state index in [9.17, 15) is 13.2 Å². The molecule has 0 rings (SSSR count). The second kappa shape index (κ2) is 8.78. The molecule has 0 saturated heterocycles. The average molecular weight is 243 g/mol. The number of alkyl halides is 3. The van der Waals surface area contributed by atoms with Crippen LogP contribution in [-0.4, -0.2) is 45.7 Å². The van der Waals surface area contributed by atoms with E-state index >= 15 is 0 Å². The summed E-state index contributed by atoms with van der Waals surface area (Å²) < 4.78 is 44.8. The van der Waals surface area contributed by atoms with E-state index in [0.29, 0.717) is 13.0 Å². The average Bonchev–Trinajstić information content (AvgIpc) is 2.19. The van der Waals surface area contributed by atoms with Crippen LogP contribution in [0.4, 0.5) is 13.2 Å². The molecule has 0 fully saturated rings. The molecule has 0 aromatic rings. The molecule has 0 aliphatic carbocycles. The first-order valence-corrected chi connectivity index (χ1v) is 5.36. The topological polar surface area (TPSA) is 30.5 Å². The molecule has 1 N–H and O–H groups in total. The molecule has 0 heterocycles. The van der Waals surface area contributed by atoms with Crippen molar-refractivity contribution in [3.8, 4) is 0 Å². The number of hydrogen-bond acceptors (Lipinski definition) is 3. The van der Waals surface area contributed by atoms with Gasteiger partial charge >= 0.3 is 6.18 Å². The van der Waals surface area contributed by atoms with Crippen molar-refractivity contribution in [1.29, 1.82) is 0 Å². The molecule has 0 radical (unpaired) electrons. The van der Waals surface area contributed by atoms with Crippen molar-refractivity contribution in [3.63, 3.8) is 0 Å². The van der Waals surface area contributed by atoms with E-state index in [1.54, 1.807) is 7.11 Å². The zero-order valence-corrected chi connectivity index (χ0v) is 9.77. The van der Waals surface area contributed by atoms with Crippen molar-refractivity contribution in [2.24, 2.45) is 0 Å². The monoisotopic (exact) mass is 243 g/mol. The Morgan fingerprint density at radius 3 is 2.31 bits per heavy atom. The van der Waals surface area contributed by atoms with Gasteiger partial charge in [-0.1, -0.05) is 6.92 Å². The van der Waals surface area contributed by atoms with Gasteiger partial charge in [-0.2, -0.15) is 13.2 Å². The summed E-state index contributed by atoms with van der Waals surface area (Å²) in [7, 11) is 1.60. The summed E-state index contributed by atoms with van der Waals surface area (Å²) in [5.74, 6) is 0. The second-order valence-corrected chi connectivity index (χ2v) is 3.49. The van der Waals surface area contributed by atoms with Gasteiger partial charge in [-0.15, -0.1) is 0 Å². The summed E-state index contributed by atoms with van der Waals surface area (Å²) >= 11 is 0. The molecule has 0 saturated carbocycles. The fourth-order valence-corrected chi connectivity index (χ4v) is 1.31. The maximum atomic E-state index is 11.8. The molecule has 1 unspecified atom stereocenters. The summed E-state index contributed by atoms with van der Waals surface area (Å²) in [5, 5.41) is 3.17. The van der Waals surface area contributed by atoms with Crippen LogP contribution in [0, 0.1) is 0 Å². The standard InChI is InChI=1S/C10H20F3NO2/c1-3-14-9(4-6-15-2)5-7-16-8-10(11,12)13/h9,14H,3-8H2,1-2H3. The minimum Gasteiger partial charge on any atom is -0.385 e. The predicted octanol–water partition coefficient (Wildman–Crippen LogP) is 1.97. The molecule has 0 aromatic carbocycles. The molecular formula is C10H20F3NO2. The van der Waals surface area contributed by atoms with Crippen LogP contribution in [0.1, 0.15) is 19.8 Å². The lowest BCUT2D eigenvalue weighted by Gasteiger charge is -2.17. The quantitative estimate of drug-likeness (QED) is 0.628. The highest BCUT2D eigenvalue weighted by Crippen LogP contribution is 2.14. The van der Waals surface area contributed by atoms with Gasteiger partial charge in [0.25, 0.3) is 0 Å². The van der Waals surface area contributed by atoms with Crippen LogP contribution in [0.5, 0.6) is 0 Å². The number of halogens is 3. The normalized spacial score (nSPS) is 14.1. The van der Waals surface area contributed by atoms with Crippen LogP contribution in [0.15, 0.2) is 0 Å². The van der Waals surface area contributed by atoms with Crippen molar-refractivity contribution in [2.45, 2.75) is 32.0 Å². The Kier molecular flexibility index (Phi) is 8.60. The molecule has 16 heavy (non-hydrogen) atoms. The Balaban J connectivity index is 3.59. The van der Waals surface area contributed by atoms with E-state index in [-0.39, 0.29) is 12.6 Å². The van der Waals surface area contributed by atoms with E-state index in [2.05, 4.69) is 10.1 Å². The molecule has 0 aromatic heterocycles. The van der Waals surface area contributed by atoms with Crippen LogP contribution in [0.25, 0.3) is 0 Å². The van der Waals surface area contributed by atoms with Crippen molar-refractivity contribution >= 4 is 0 Å². The van der Waals surface area contributed by atoms with Crippen LogP contribution in [-0.2, 0) is 9.47 Å². The second-order valence-electron chi connectivity index (χ2n) is 3.49. The SMILES string of the molecule is CCNC(CCOC)CCOCC(F)(F)F. The van der Waals surface area contributed by atoms with Gasteiger partial charge in [0.15, 0.2) is 0 Å². The van der Waals surface area contributed by atoms with Gasteiger partial charge in [0.05, 0.1) is 0 Å². The number of rotatable bonds is 9. The lowest BCUT2D eigenvalue weighted by Crippen LogP contribution is -2.31. The molecule has 98 valence electrons. The van der Waals surface area contributed by atoms with Crippen molar-refractivity contribution in [1.82, 2.24) is 5.32 Å². The first kappa shape index (κ1) is 15.7. The molecule has 0 bridgehead atoms. The van der Waals surface area contributed by atoms with Gasteiger partial charge in [-0.25, -0.2) is 0 Å². The highest BCUT2D eigenvalue weighted by molar-refractivity contribution is 4.65. The highest BCUT2D eigenvalue weighted by atomic mass is 19.4. The lowest BCUT2D eigenvalue weighted by atomic mass is 10.1. The number of methoxy groups -OCH3 is 1. The van der Waals surface area contributed by atoms with Crippen LogP contribution in [0.2, 0.25) is 0 Å². The lowest BCUT2D eigenvalue weighted by molar-refractivity contribution is -0.174. The zero-order valence-electron chi connectivity index (χ0n) is 9.77. The van der Waals surface area contributed by atoms with E-state index < -0.39 is 12.8 Å². The third-order valence-electron chi connectivity index (χ3n) is 2.04. The zero-order chi connectivity index (χ0) is 12.4. The summed E-state index contributed by atoms with van der Waals surface area (Å²) in [6.07, 6.45) is -2.90. The minimum absolute atomic E-state index is 0.112. The molecule has 3 nitrogen and oxygen atoms in total. The van der Waals surface area contributed by atoms with Crippen LogP contribution in [0.3, 0.4) is 0 Å². The Bertz CT molecular complexity index is 165. The number of nitrogens with one attached hydrogen (secondary N) is 1. The number of ether oxygens (including phenoxy) is 2. The molecular weight excluding hydrogens is 223 g/mol. The van der Waals surface area contributed by atoms with Crippen molar-refractivity contribution in [3.05, 3.63) is 0 Å². The van der Waals surface area contributed by atoms with E-state index in [1.165, 1.54) is 0 Å². The third-order valence-corrected chi connectivity index (χ3v) is 2.04. The molecule has 0 amide bonds. The summed E-state index contributed by atoms with van der Waals surface area (Å²) in [6.45, 7) is 2.28. The highest BCUT2D eigenvalue weighted by Gasteiger charge is 2.27. The summed E-state index contributed by atoms with van der Waals surface area (Å²) in [5.41, 5.74) is 0. The number of hydrogen-bond donors (Lipinski definition) is 1. The summed E-state index contributed by atoms with van der Waals surface area (Å²) in [6, 6.07) is 0.151. The maximum Gasteiger partial charge on any atom is 0.411 e. The Labute approximate surface area is 94.3 Å². The van der Waals surface area contributed by atoms with E-state index in [1.807, 2.05) is 6.92 Å². The smallest absolute Gasteiger partial charge is 0.385 e. The fourth-order valence-electron chi connectivity index (χ4n) is 1.31. The van der Waals surface area contributed by atoms with Crippen LogP contribution >= 0.6 is 0 Å². The Hall–Kier alpha value is -0.330. The maximum absolute atomic E-state index is 11.8. The van der Waals surface area contributed by atoms with Gasteiger partial charge in [0, 0.05) is 26.4 Å². The van der Waals surface area contributed by atoms with Gasteiger partial charge in [0.1, 0.15) is 6.61 Å². The molecule has 0 aliphatic heterocycles. The Morgan fingerprint density at radius 2 is 1.81 bits per heavy atom. The van der Waals surface area contributed by atoms with Gasteiger partial charge in [-0.05, 0) is 19.4 Å².